The van der Waals surface area contributed by atoms with Crippen molar-refractivity contribution in [3.05, 3.63) is 42.1 Å². The highest BCUT2D eigenvalue weighted by Gasteiger charge is 2.21. The quantitative estimate of drug-likeness (QED) is 0.763. The van der Waals surface area contributed by atoms with Crippen LogP contribution in [0.2, 0.25) is 0 Å². The van der Waals surface area contributed by atoms with E-state index in [1.165, 1.54) is 18.4 Å². The fraction of sp³-hybridized carbons (Fsp3) is 0.412. The molecule has 0 saturated heterocycles. The average molecular weight is 283 g/mol. The first-order valence-corrected chi connectivity index (χ1v) is 7.63. The summed E-state index contributed by atoms with van der Waals surface area (Å²) in [7, 11) is 0. The average Bonchev–Trinajstić information content (AvgIpc) is 3.34. The molecule has 0 atom stereocenters. The first-order valence-electron chi connectivity index (χ1n) is 7.63. The second kappa shape index (κ2) is 6.68. The molecule has 1 fully saturated rings. The molecule has 0 radical (unpaired) electrons. The first-order chi connectivity index (χ1) is 10.3. The number of carbonyl (C=O) groups excluding carboxylic acids is 1. The number of rotatable bonds is 7. The number of amides is 1. The largest absolute Gasteiger partial charge is 0.355 e. The maximum Gasteiger partial charge on any atom is 0.233 e. The summed E-state index contributed by atoms with van der Waals surface area (Å²) in [6, 6.07) is 10.3. The van der Waals surface area contributed by atoms with Crippen molar-refractivity contribution in [3.63, 3.8) is 0 Å². The molecule has 1 heterocycles. The lowest BCUT2D eigenvalue weighted by Crippen LogP contribution is -2.35. The van der Waals surface area contributed by atoms with Crippen LogP contribution in [-0.4, -0.2) is 30.5 Å². The van der Waals surface area contributed by atoms with E-state index in [9.17, 15) is 4.79 Å². The number of carbonyl (C=O) groups is 1. The Kier molecular flexibility index (Phi) is 4.46. The predicted molar refractivity (Wildman–Crippen MR) is 84.1 cm³/mol. The third-order valence-corrected chi connectivity index (χ3v) is 3.86. The zero-order valence-electron chi connectivity index (χ0n) is 12.1. The zero-order chi connectivity index (χ0) is 14.5. The van der Waals surface area contributed by atoms with Gasteiger partial charge in [-0.3, -0.25) is 9.78 Å². The highest BCUT2D eigenvalue weighted by atomic mass is 16.1. The van der Waals surface area contributed by atoms with E-state index in [2.05, 4.69) is 39.9 Å². The molecule has 0 bridgehead atoms. The number of hydrogen-bond donors (Lipinski definition) is 2. The Balaban J connectivity index is 1.44. The number of aromatic nitrogens is 1. The van der Waals surface area contributed by atoms with Gasteiger partial charge in [-0.15, -0.1) is 0 Å². The molecule has 110 valence electrons. The summed E-state index contributed by atoms with van der Waals surface area (Å²) in [5, 5.41) is 7.33. The lowest BCUT2D eigenvalue weighted by Gasteiger charge is -2.08. The van der Waals surface area contributed by atoms with Crippen LogP contribution in [0.5, 0.6) is 0 Å². The second-order valence-electron chi connectivity index (χ2n) is 5.67. The van der Waals surface area contributed by atoms with Crippen molar-refractivity contribution in [2.45, 2.75) is 19.3 Å². The maximum atomic E-state index is 11.6. The fourth-order valence-electron chi connectivity index (χ4n) is 2.44. The summed E-state index contributed by atoms with van der Waals surface area (Å²) in [5.74, 6) is 0.827. The van der Waals surface area contributed by atoms with Gasteiger partial charge in [0.25, 0.3) is 0 Å². The van der Waals surface area contributed by atoms with Crippen molar-refractivity contribution >= 4 is 16.8 Å². The molecule has 21 heavy (non-hydrogen) atoms. The van der Waals surface area contributed by atoms with E-state index >= 15 is 0 Å². The summed E-state index contributed by atoms with van der Waals surface area (Å²) in [4.78, 5) is 16.1. The lowest BCUT2D eigenvalue weighted by molar-refractivity contribution is -0.120. The summed E-state index contributed by atoms with van der Waals surface area (Å²) >= 11 is 0. The minimum absolute atomic E-state index is 0.0953. The van der Waals surface area contributed by atoms with Crippen molar-refractivity contribution in [3.8, 4) is 0 Å². The normalized spacial score (nSPS) is 14.3. The van der Waals surface area contributed by atoms with E-state index in [1.807, 2.05) is 12.3 Å². The smallest absolute Gasteiger partial charge is 0.233 e. The predicted octanol–water partition coefficient (Wildman–Crippen LogP) is 1.89. The maximum absolute atomic E-state index is 11.6. The van der Waals surface area contributed by atoms with E-state index in [4.69, 9.17) is 0 Å². The Morgan fingerprint density at radius 1 is 1.24 bits per heavy atom. The minimum atomic E-state index is 0.0953. The molecule has 0 aliphatic heterocycles. The van der Waals surface area contributed by atoms with E-state index in [-0.39, 0.29) is 5.91 Å². The Bertz CT molecular complexity index is 617. The topological polar surface area (TPSA) is 54.0 Å². The number of pyridine rings is 1. The summed E-state index contributed by atoms with van der Waals surface area (Å²) in [5.41, 5.74) is 2.28. The van der Waals surface area contributed by atoms with Gasteiger partial charge >= 0.3 is 0 Å². The van der Waals surface area contributed by atoms with Crippen LogP contribution in [0.1, 0.15) is 18.4 Å². The van der Waals surface area contributed by atoms with Gasteiger partial charge in [0, 0.05) is 18.1 Å². The van der Waals surface area contributed by atoms with Crippen molar-refractivity contribution < 1.29 is 4.79 Å². The molecule has 1 saturated carbocycles. The molecule has 4 nitrogen and oxygen atoms in total. The molecule has 1 aliphatic rings. The van der Waals surface area contributed by atoms with E-state index in [0.717, 1.165) is 36.3 Å². The molecule has 2 N–H and O–H groups in total. The SMILES string of the molecule is O=C(CNCCc1cccc2cccnc12)NCC1CC1. The molecule has 1 aromatic heterocycles. The molecule has 1 aliphatic carbocycles. The molecule has 0 unspecified atom stereocenters. The third kappa shape index (κ3) is 4.02. The summed E-state index contributed by atoms with van der Waals surface area (Å²) in [6.45, 7) is 2.02. The standard InChI is InChI=1S/C17H21N3O/c21-16(20-11-13-6-7-13)12-18-10-8-15-4-1-3-14-5-2-9-19-17(14)15/h1-5,9,13,18H,6-8,10-12H2,(H,20,21). The third-order valence-electron chi connectivity index (χ3n) is 3.86. The number of hydrogen-bond acceptors (Lipinski definition) is 3. The van der Waals surface area contributed by atoms with Gasteiger partial charge < -0.3 is 10.6 Å². The molecule has 2 aromatic rings. The van der Waals surface area contributed by atoms with Crippen molar-refractivity contribution in [1.29, 1.82) is 0 Å². The number of nitrogens with zero attached hydrogens (tertiary/aromatic N) is 1. The molecular weight excluding hydrogens is 262 g/mol. The van der Waals surface area contributed by atoms with Crippen molar-refractivity contribution in [2.24, 2.45) is 5.92 Å². The highest BCUT2D eigenvalue weighted by Crippen LogP contribution is 2.27. The highest BCUT2D eigenvalue weighted by molar-refractivity contribution is 5.81. The van der Waals surface area contributed by atoms with Gasteiger partial charge in [0.2, 0.25) is 5.91 Å². The number of fused-ring (bicyclic) bond motifs is 1. The van der Waals surface area contributed by atoms with Crippen LogP contribution in [0.3, 0.4) is 0 Å². The van der Waals surface area contributed by atoms with Crippen LogP contribution in [0, 0.1) is 5.92 Å². The lowest BCUT2D eigenvalue weighted by atomic mass is 10.1. The van der Waals surface area contributed by atoms with Crippen LogP contribution in [0.15, 0.2) is 36.5 Å². The Labute approximate surface area is 125 Å². The van der Waals surface area contributed by atoms with Crippen LogP contribution in [0.4, 0.5) is 0 Å². The van der Waals surface area contributed by atoms with Crippen molar-refractivity contribution in [1.82, 2.24) is 15.6 Å². The Hall–Kier alpha value is -1.94. The molecule has 0 spiro atoms. The van der Waals surface area contributed by atoms with Gasteiger partial charge in [-0.2, -0.15) is 0 Å². The summed E-state index contributed by atoms with van der Waals surface area (Å²) in [6.07, 6.45) is 5.23. The summed E-state index contributed by atoms with van der Waals surface area (Å²) < 4.78 is 0. The van der Waals surface area contributed by atoms with E-state index in [0.29, 0.717) is 6.54 Å². The molecule has 3 rings (SSSR count). The molecular formula is C17H21N3O. The van der Waals surface area contributed by atoms with Crippen LogP contribution < -0.4 is 10.6 Å². The number of nitrogens with one attached hydrogen (secondary N) is 2. The monoisotopic (exact) mass is 283 g/mol. The van der Waals surface area contributed by atoms with Gasteiger partial charge in [-0.1, -0.05) is 24.3 Å². The number of para-hydroxylation sites is 1. The van der Waals surface area contributed by atoms with Crippen LogP contribution in [0.25, 0.3) is 10.9 Å². The van der Waals surface area contributed by atoms with Gasteiger partial charge in [0.15, 0.2) is 0 Å². The second-order valence-corrected chi connectivity index (χ2v) is 5.67. The molecule has 1 amide bonds. The zero-order valence-corrected chi connectivity index (χ0v) is 12.1. The number of benzene rings is 1. The minimum Gasteiger partial charge on any atom is -0.355 e. The van der Waals surface area contributed by atoms with E-state index < -0.39 is 0 Å². The van der Waals surface area contributed by atoms with Gasteiger partial charge in [0.1, 0.15) is 0 Å². The Morgan fingerprint density at radius 2 is 2.10 bits per heavy atom. The van der Waals surface area contributed by atoms with Crippen LogP contribution in [-0.2, 0) is 11.2 Å². The van der Waals surface area contributed by atoms with Crippen molar-refractivity contribution in [2.75, 3.05) is 19.6 Å². The first kappa shape index (κ1) is 14.0. The Morgan fingerprint density at radius 3 is 2.95 bits per heavy atom. The van der Waals surface area contributed by atoms with Gasteiger partial charge in [-0.05, 0) is 43.4 Å². The fourth-order valence-corrected chi connectivity index (χ4v) is 2.44. The molecule has 4 heteroatoms. The molecule has 1 aromatic carbocycles. The van der Waals surface area contributed by atoms with Gasteiger partial charge in [0.05, 0.1) is 12.1 Å². The van der Waals surface area contributed by atoms with E-state index in [1.54, 1.807) is 0 Å². The van der Waals surface area contributed by atoms with Crippen LogP contribution >= 0.6 is 0 Å². The van der Waals surface area contributed by atoms with Gasteiger partial charge in [-0.25, -0.2) is 0 Å².